The number of benzene rings is 2. The second-order valence-electron chi connectivity index (χ2n) is 4.46. The molecule has 3 rings (SSSR count). The molecule has 0 saturated carbocycles. The van der Waals surface area contributed by atoms with E-state index in [1.54, 1.807) is 4.90 Å². The molecule has 0 aliphatic carbocycles. The van der Waals surface area contributed by atoms with Crippen LogP contribution < -0.4 is 16.2 Å². The summed E-state index contributed by atoms with van der Waals surface area (Å²) in [6.07, 6.45) is 0.187. The Morgan fingerprint density at radius 2 is 1.95 bits per heavy atom. The second-order valence-corrected chi connectivity index (χ2v) is 4.46. The van der Waals surface area contributed by atoms with Crippen molar-refractivity contribution in [2.75, 3.05) is 11.4 Å². The maximum atomic E-state index is 12.3. The monoisotopic (exact) mass is 255 g/mol. The summed E-state index contributed by atoms with van der Waals surface area (Å²) >= 11 is 0. The highest BCUT2D eigenvalue weighted by molar-refractivity contribution is 6.25. The molecule has 5 nitrogen and oxygen atoms in total. The van der Waals surface area contributed by atoms with Crippen LogP contribution in [-0.4, -0.2) is 18.4 Å². The number of hydrogen-bond acceptors (Lipinski definition) is 3. The molecular formula is C14H13N3O2. The largest absolute Gasteiger partial charge is 0.307 e. The van der Waals surface area contributed by atoms with Gasteiger partial charge in [-0.2, -0.15) is 0 Å². The van der Waals surface area contributed by atoms with Crippen molar-refractivity contribution in [3.05, 3.63) is 42.0 Å². The molecule has 5 heteroatoms. The number of hydrazine groups is 1. The van der Waals surface area contributed by atoms with Gasteiger partial charge in [-0.25, -0.2) is 5.84 Å². The third-order valence-electron chi connectivity index (χ3n) is 3.37. The van der Waals surface area contributed by atoms with Gasteiger partial charge in [-0.3, -0.25) is 15.0 Å². The lowest BCUT2D eigenvalue weighted by molar-refractivity contribution is -0.120. The Bertz CT molecular complexity index is 676. The quantitative estimate of drug-likeness (QED) is 0.491. The van der Waals surface area contributed by atoms with Crippen LogP contribution in [0.5, 0.6) is 0 Å². The van der Waals surface area contributed by atoms with Crippen molar-refractivity contribution in [1.82, 2.24) is 5.43 Å². The molecular weight excluding hydrogens is 242 g/mol. The van der Waals surface area contributed by atoms with E-state index in [9.17, 15) is 9.59 Å². The summed E-state index contributed by atoms with van der Waals surface area (Å²) in [5.41, 5.74) is 3.63. The fraction of sp³-hybridized carbons (Fsp3) is 0.143. The van der Waals surface area contributed by atoms with E-state index in [-0.39, 0.29) is 18.2 Å². The third kappa shape index (κ3) is 1.75. The average molecular weight is 255 g/mol. The summed E-state index contributed by atoms with van der Waals surface area (Å²) in [4.78, 5) is 25.2. The van der Waals surface area contributed by atoms with Crippen LogP contribution in [-0.2, 0) is 4.79 Å². The Kier molecular flexibility index (Phi) is 2.68. The number of anilines is 1. The Balaban J connectivity index is 2.01. The summed E-state index contributed by atoms with van der Waals surface area (Å²) in [6, 6.07) is 11.5. The molecule has 96 valence electrons. The van der Waals surface area contributed by atoms with E-state index in [1.165, 1.54) is 0 Å². The number of nitrogens with two attached hydrogens (primary N) is 1. The van der Waals surface area contributed by atoms with Gasteiger partial charge in [-0.05, 0) is 17.5 Å². The van der Waals surface area contributed by atoms with Crippen molar-refractivity contribution in [1.29, 1.82) is 0 Å². The molecule has 19 heavy (non-hydrogen) atoms. The number of nitrogens with zero attached hydrogens (tertiary/aromatic N) is 1. The molecule has 0 fully saturated rings. The van der Waals surface area contributed by atoms with Crippen molar-refractivity contribution >= 4 is 28.3 Å². The van der Waals surface area contributed by atoms with Crippen LogP contribution >= 0.6 is 0 Å². The van der Waals surface area contributed by atoms with Gasteiger partial charge in [0.15, 0.2) is 0 Å². The van der Waals surface area contributed by atoms with E-state index in [0.29, 0.717) is 12.1 Å². The summed E-state index contributed by atoms with van der Waals surface area (Å²) in [5.74, 6) is 4.71. The van der Waals surface area contributed by atoms with Gasteiger partial charge in [0.2, 0.25) is 5.91 Å². The predicted octanol–water partition coefficient (Wildman–Crippen LogP) is 1.18. The van der Waals surface area contributed by atoms with Crippen LogP contribution in [0.3, 0.4) is 0 Å². The summed E-state index contributed by atoms with van der Waals surface area (Å²) in [6.45, 7) is 0.329. The molecule has 0 unspecified atom stereocenters. The highest BCUT2D eigenvalue weighted by Crippen LogP contribution is 2.36. The molecule has 1 aliphatic heterocycles. The SMILES string of the molecule is NNC(=O)CCN1C(=O)c2cccc3cccc1c23. The van der Waals surface area contributed by atoms with Gasteiger partial charge < -0.3 is 4.90 Å². The van der Waals surface area contributed by atoms with Gasteiger partial charge >= 0.3 is 0 Å². The Hall–Kier alpha value is -2.40. The Morgan fingerprint density at radius 1 is 1.21 bits per heavy atom. The molecule has 0 bridgehead atoms. The van der Waals surface area contributed by atoms with Crippen molar-refractivity contribution in [3.8, 4) is 0 Å². The van der Waals surface area contributed by atoms with Gasteiger partial charge in [0.05, 0.1) is 5.69 Å². The minimum atomic E-state index is -0.282. The van der Waals surface area contributed by atoms with Gasteiger partial charge in [-0.1, -0.05) is 24.3 Å². The predicted molar refractivity (Wildman–Crippen MR) is 72.6 cm³/mol. The number of rotatable bonds is 3. The Morgan fingerprint density at radius 3 is 2.68 bits per heavy atom. The first-order chi connectivity index (χ1) is 9.22. The fourth-order valence-electron chi connectivity index (χ4n) is 2.49. The normalized spacial score (nSPS) is 13.1. The molecule has 2 aromatic carbocycles. The molecule has 0 radical (unpaired) electrons. The minimum absolute atomic E-state index is 0.0587. The average Bonchev–Trinajstić information content (AvgIpc) is 2.72. The zero-order valence-electron chi connectivity index (χ0n) is 10.2. The van der Waals surface area contributed by atoms with Crippen LogP contribution in [0.4, 0.5) is 5.69 Å². The maximum absolute atomic E-state index is 12.3. The molecule has 2 amide bonds. The number of nitrogens with one attached hydrogen (secondary N) is 1. The fourth-order valence-corrected chi connectivity index (χ4v) is 2.49. The first-order valence-electron chi connectivity index (χ1n) is 6.05. The lowest BCUT2D eigenvalue weighted by atomic mass is 10.1. The third-order valence-corrected chi connectivity index (χ3v) is 3.37. The molecule has 0 aromatic heterocycles. The second kappa shape index (κ2) is 4.37. The number of carbonyl (C=O) groups excluding carboxylic acids is 2. The minimum Gasteiger partial charge on any atom is -0.307 e. The van der Waals surface area contributed by atoms with Crippen molar-refractivity contribution in [3.63, 3.8) is 0 Å². The van der Waals surface area contributed by atoms with Crippen LogP contribution in [0.2, 0.25) is 0 Å². The van der Waals surface area contributed by atoms with Crippen molar-refractivity contribution < 1.29 is 9.59 Å². The Labute approximate surface area is 110 Å². The van der Waals surface area contributed by atoms with Gasteiger partial charge in [0, 0.05) is 23.9 Å². The zero-order valence-corrected chi connectivity index (χ0v) is 10.2. The van der Waals surface area contributed by atoms with Crippen LogP contribution in [0.25, 0.3) is 10.8 Å². The zero-order chi connectivity index (χ0) is 13.4. The maximum Gasteiger partial charge on any atom is 0.259 e. The number of hydrogen-bond donors (Lipinski definition) is 2. The van der Waals surface area contributed by atoms with E-state index in [2.05, 4.69) is 5.43 Å². The summed E-state index contributed by atoms with van der Waals surface area (Å²) in [7, 11) is 0. The lowest BCUT2D eigenvalue weighted by Crippen LogP contribution is -2.35. The van der Waals surface area contributed by atoms with Crippen LogP contribution in [0.1, 0.15) is 16.8 Å². The van der Waals surface area contributed by atoms with Crippen LogP contribution in [0.15, 0.2) is 36.4 Å². The van der Waals surface area contributed by atoms with Gasteiger partial charge in [0.25, 0.3) is 5.91 Å². The van der Waals surface area contributed by atoms with Crippen LogP contribution in [0, 0.1) is 0 Å². The van der Waals surface area contributed by atoms with E-state index in [0.717, 1.165) is 16.5 Å². The smallest absolute Gasteiger partial charge is 0.259 e. The standard InChI is InChI=1S/C14H13N3O2/c15-16-12(18)7-8-17-11-6-2-4-9-3-1-5-10(13(9)11)14(17)19/h1-6H,7-8,15H2,(H,16,18). The van der Waals surface area contributed by atoms with E-state index < -0.39 is 0 Å². The van der Waals surface area contributed by atoms with E-state index >= 15 is 0 Å². The highest BCUT2D eigenvalue weighted by atomic mass is 16.2. The highest BCUT2D eigenvalue weighted by Gasteiger charge is 2.29. The van der Waals surface area contributed by atoms with E-state index in [4.69, 9.17) is 5.84 Å². The topological polar surface area (TPSA) is 75.4 Å². The van der Waals surface area contributed by atoms with Crippen molar-refractivity contribution in [2.45, 2.75) is 6.42 Å². The number of carbonyl (C=O) groups is 2. The summed E-state index contributed by atoms with van der Waals surface area (Å²) < 4.78 is 0. The molecule has 0 spiro atoms. The molecule has 1 aliphatic rings. The lowest BCUT2D eigenvalue weighted by Gasteiger charge is -2.16. The molecule has 3 N–H and O–H groups in total. The van der Waals surface area contributed by atoms with Gasteiger partial charge in [-0.15, -0.1) is 0 Å². The molecule has 2 aromatic rings. The van der Waals surface area contributed by atoms with Crippen molar-refractivity contribution in [2.24, 2.45) is 5.84 Å². The van der Waals surface area contributed by atoms with E-state index in [1.807, 2.05) is 36.4 Å². The first-order valence-corrected chi connectivity index (χ1v) is 6.05. The van der Waals surface area contributed by atoms with Gasteiger partial charge in [0.1, 0.15) is 0 Å². The first kappa shape index (κ1) is 11.7. The summed E-state index contributed by atoms with van der Waals surface area (Å²) in [5, 5.41) is 2.00. The molecule has 0 atom stereocenters. The number of amides is 2. The molecule has 1 heterocycles. The molecule has 0 saturated heterocycles.